The van der Waals surface area contributed by atoms with Crippen LogP contribution in [0.1, 0.15) is 11.0 Å². The number of aliphatic hydroxyl groups is 1. The van der Waals surface area contributed by atoms with Crippen LogP contribution in [0.15, 0.2) is 11.7 Å². The number of carboxylic acids is 1. The molecule has 1 aromatic heterocycles. The van der Waals surface area contributed by atoms with E-state index in [0.29, 0.717) is 4.88 Å². The van der Waals surface area contributed by atoms with E-state index in [1.807, 2.05) is 0 Å². The summed E-state index contributed by atoms with van der Waals surface area (Å²) in [5.41, 5.74) is 6.69. The molecule has 5 nitrogen and oxygen atoms in total. The van der Waals surface area contributed by atoms with E-state index in [1.165, 1.54) is 23.0 Å². The van der Waals surface area contributed by atoms with Crippen LogP contribution in [0, 0.1) is 0 Å². The molecule has 0 aliphatic heterocycles. The standard InChI is InChI=1S/C6H8N2O3S/c7-4(6(10)11)5(9)3-1-8-2-12-3/h1-2,4-5,9H,7H2,(H,10,11). The third kappa shape index (κ3) is 1.79. The zero-order chi connectivity index (χ0) is 9.14. The number of aliphatic hydroxyl groups excluding tert-OH is 1. The van der Waals surface area contributed by atoms with Crippen molar-refractivity contribution in [3.63, 3.8) is 0 Å². The number of hydrogen-bond donors (Lipinski definition) is 3. The molecule has 0 aliphatic carbocycles. The summed E-state index contributed by atoms with van der Waals surface area (Å²) in [5, 5.41) is 17.8. The molecule has 12 heavy (non-hydrogen) atoms. The van der Waals surface area contributed by atoms with E-state index in [1.54, 1.807) is 0 Å². The van der Waals surface area contributed by atoms with Gasteiger partial charge in [0.2, 0.25) is 0 Å². The average Bonchev–Trinajstić information content (AvgIpc) is 2.53. The monoisotopic (exact) mass is 188 g/mol. The van der Waals surface area contributed by atoms with Gasteiger partial charge in [-0.2, -0.15) is 0 Å². The molecule has 0 aromatic carbocycles. The Hall–Kier alpha value is -0.980. The number of thiazole rings is 1. The molecule has 0 fully saturated rings. The van der Waals surface area contributed by atoms with Crippen LogP contribution >= 0.6 is 11.3 Å². The molecule has 4 N–H and O–H groups in total. The summed E-state index contributed by atoms with van der Waals surface area (Å²) >= 11 is 1.17. The summed E-state index contributed by atoms with van der Waals surface area (Å²) in [6.45, 7) is 0. The summed E-state index contributed by atoms with van der Waals surface area (Å²) in [5.74, 6) is -1.23. The summed E-state index contributed by atoms with van der Waals surface area (Å²) in [4.78, 5) is 14.5. The normalized spacial score (nSPS) is 15.5. The van der Waals surface area contributed by atoms with Crippen LogP contribution in [0.5, 0.6) is 0 Å². The Balaban J connectivity index is 2.71. The molecular formula is C6H8N2O3S. The second-order valence-electron chi connectivity index (χ2n) is 2.21. The van der Waals surface area contributed by atoms with Gasteiger partial charge in [0.15, 0.2) is 0 Å². The minimum absolute atomic E-state index is 0.463. The Bertz CT molecular complexity index is 262. The van der Waals surface area contributed by atoms with Gasteiger partial charge in [0.25, 0.3) is 0 Å². The molecule has 1 heterocycles. The largest absolute Gasteiger partial charge is 0.480 e. The van der Waals surface area contributed by atoms with Crippen molar-refractivity contribution >= 4 is 17.3 Å². The fourth-order valence-electron chi connectivity index (χ4n) is 0.684. The molecule has 0 bridgehead atoms. The second kappa shape index (κ2) is 3.61. The smallest absolute Gasteiger partial charge is 0.323 e. The van der Waals surface area contributed by atoms with Crippen molar-refractivity contribution in [2.45, 2.75) is 12.1 Å². The lowest BCUT2D eigenvalue weighted by Gasteiger charge is -2.11. The average molecular weight is 188 g/mol. The lowest BCUT2D eigenvalue weighted by molar-refractivity contribution is -0.141. The van der Waals surface area contributed by atoms with Gasteiger partial charge in [-0.3, -0.25) is 9.78 Å². The number of hydrogen-bond acceptors (Lipinski definition) is 5. The number of aromatic nitrogens is 1. The molecule has 0 saturated heterocycles. The van der Waals surface area contributed by atoms with Crippen molar-refractivity contribution in [3.05, 3.63) is 16.6 Å². The Morgan fingerprint density at radius 3 is 2.83 bits per heavy atom. The number of nitrogens with two attached hydrogens (primary N) is 1. The van der Waals surface area contributed by atoms with Crippen LogP contribution < -0.4 is 5.73 Å². The summed E-state index contributed by atoms with van der Waals surface area (Å²) in [6, 6.07) is -1.29. The maximum absolute atomic E-state index is 10.3. The molecule has 1 aromatic rings. The first-order chi connectivity index (χ1) is 5.63. The van der Waals surface area contributed by atoms with Gasteiger partial charge in [0, 0.05) is 6.20 Å². The number of carbonyl (C=O) groups is 1. The Morgan fingerprint density at radius 1 is 1.75 bits per heavy atom. The molecule has 0 aliphatic rings. The third-order valence-corrected chi connectivity index (χ3v) is 2.21. The van der Waals surface area contributed by atoms with Gasteiger partial charge < -0.3 is 15.9 Å². The lowest BCUT2D eigenvalue weighted by Crippen LogP contribution is -2.36. The molecule has 2 unspecified atom stereocenters. The van der Waals surface area contributed by atoms with Crippen LogP contribution in [0.3, 0.4) is 0 Å². The van der Waals surface area contributed by atoms with Gasteiger partial charge in [0.05, 0.1) is 10.4 Å². The van der Waals surface area contributed by atoms with E-state index in [9.17, 15) is 9.90 Å². The summed E-state index contributed by atoms with van der Waals surface area (Å²) in [7, 11) is 0. The zero-order valence-electron chi connectivity index (χ0n) is 6.04. The molecule has 6 heteroatoms. The van der Waals surface area contributed by atoms with Crippen molar-refractivity contribution in [1.82, 2.24) is 4.98 Å². The number of nitrogens with zero attached hydrogens (tertiary/aromatic N) is 1. The molecular weight excluding hydrogens is 180 g/mol. The van der Waals surface area contributed by atoms with Crippen LogP contribution in [0.4, 0.5) is 0 Å². The number of aliphatic carboxylic acids is 1. The van der Waals surface area contributed by atoms with Gasteiger partial charge in [-0.25, -0.2) is 0 Å². The van der Waals surface area contributed by atoms with E-state index >= 15 is 0 Å². The molecule has 66 valence electrons. The van der Waals surface area contributed by atoms with E-state index in [2.05, 4.69) is 4.98 Å². The van der Waals surface area contributed by atoms with Crippen molar-refractivity contribution in [1.29, 1.82) is 0 Å². The van der Waals surface area contributed by atoms with E-state index in [-0.39, 0.29) is 0 Å². The molecule has 2 atom stereocenters. The van der Waals surface area contributed by atoms with Crippen molar-refractivity contribution < 1.29 is 15.0 Å². The predicted octanol–water partition coefficient (Wildman–Crippen LogP) is -0.412. The summed E-state index contributed by atoms with van der Waals surface area (Å²) in [6.07, 6.45) is 0.230. The molecule has 0 spiro atoms. The van der Waals surface area contributed by atoms with E-state index < -0.39 is 18.1 Å². The van der Waals surface area contributed by atoms with Gasteiger partial charge in [0.1, 0.15) is 12.1 Å². The first-order valence-electron chi connectivity index (χ1n) is 3.17. The minimum atomic E-state index is -1.29. The van der Waals surface area contributed by atoms with E-state index in [0.717, 1.165) is 0 Å². The third-order valence-electron chi connectivity index (χ3n) is 1.37. The topological polar surface area (TPSA) is 96.4 Å². The van der Waals surface area contributed by atoms with Crippen LogP contribution in [-0.4, -0.2) is 27.2 Å². The van der Waals surface area contributed by atoms with Gasteiger partial charge in [-0.05, 0) is 0 Å². The van der Waals surface area contributed by atoms with Gasteiger partial charge in [-0.15, -0.1) is 11.3 Å². The molecule has 1 rings (SSSR count). The zero-order valence-corrected chi connectivity index (χ0v) is 6.86. The Labute approximate surface area is 72.5 Å². The quantitative estimate of drug-likeness (QED) is 0.599. The maximum Gasteiger partial charge on any atom is 0.323 e. The molecule has 0 radical (unpaired) electrons. The minimum Gasteiger partial charge on any atom is -0.480 e. The Morgan fingerprint density at radius 2 is 2.42 bits per heavy atom. The highest BCUT2D eigenvalue weighted by Gasteiger charge is 2.24. The van der Waals surface area contributed by atoms with Crippen molar-refractivity contribution in [2.24, 2.45) is 5.73 Å². The first kappa shape index (κ1) is 9.11. The summed E-state index contributed by atoms with van der Waals surface area (Å²) < 4.78 is 0. The number of carboxylic acid groups (broad SMARTS) is 1. The van der Waals surface area contributed by atoms with E-state index in [4.69, 9.17) is 10.8 Å². The van der Waals surface area contributed by atoms with Crippen molar-refractivity contribution in [2.75, 3.05) is 0 Å². The fraction of sp³-hybridized carbons (Fsp3) is 0.333. The highest BCUT2D eigenvalue weighted by molar-refractivity contribution is 7.09. The number of rotatable bonds is 3. The van der Waals surface area contributed by atoms with Crippen LogP contribution in [0.2, 0.25) is 0 Å². The van der Waals surface area contributed by atoms with Gasteiger partial charge >= 0.3 is 5.97 Å². The highest BCUT2D eigenvalue weighted by atomic mass is 32.1. The maximum atomic E-state index is 10.3. The van der Waals surface area contributed by atoms with Crippen molar-refractivity contribution in [3.8, 4) is 0 Å². The van der Waals surface area contributed by atoms with Gasteiger partial charge in [-0.1, -0.05) is 0 Å². The SMILES string of the molecule is NC(C(=O)O)C(O)c1cncs1. The Kier molecular flexibility index (Phi) is 2.74. The molecule has 0 amide bonds. The first-order valence-corrected chi connectivity index (χ1v) is 4.05. The fourth-order valence-corrected chi connectivity index (χ4v) is 1.33. The predicted molar refractivity (Wildman–Crippen MR) is 42.7 cm³/mol. The second-order valence-corrected chi connectivity index (χ2v) is 3.13. The highest BCUT2D eigenvalue weighted by Crippen LogP contribution is 2.19. The van der Waals surface area contributed by atoms with Crippen LogP contribution in [0.25, 0.3) is 0 Å². The lowest BCUT2D eigenvalue weighted by atomic mass is 10.1. The van der Waals surface area contributed by atoms with Crippen LogP contribution in [-0.2, 0) is 4.79 Å². The molecule has 0 saturated carbocycles.